The van der Waals surface area contributed by atoms with Crippen molar-refractivity contribution in [2.24, 2.45) is 11.6 Å². The molecule has 5 heteroatoms. The fourth-order valence-electron chi connectivity index (χ4n) is 0.914. The highest BCUT2D eigenvalue weighted by molar-refractivity contribution is 5.80. The van der Waals surface area contributed by atoms with Crippen LogP contribution in [-0.4, -0.2) is 25.2 Å². The van der Waals surface area contributed by atoms with E-state index in [4.69, 9.17) is 11.6 Å². The maximum absolute atomic E-state index is 11.2. The number of rotatable bonds is 5. The van der Waals surface area contributed by atoms with E-state index in [1.54, 1.807) is 6.92 Å². The van der Waals surface area contributed by atoms with Crippen LogP contribution in [0.15, 0.2) is 0 Å². The topological polar surface area (TPSA) is 90.4 Å². The Labute approximate surface area is 72.4 Å². The van der Waals surface area contributed by atoms with Crippen LogP contribution in [0.2, 0.25) is 0 Å². The van der Waals surface area contributed by atoms with Gasteiger partial charge in [0.15, 0.2) is 0 Å². The van der Waals surface area contributed by atoms with Gasteiger partial charge in [0.05, 0.1) is 7.11 Å². The molecule has 5 nitrogen and oxygen atoms in total. The zero-order chi connectivity index (χ0) is 9.61. The first-order chi connectivity index (χ1) is 5.60. The van der Waals surface area contributed by atoms with E-state index in [2.05, 4.69) is 10.2 Å². The van der Waals surface area contributed by atoms with E-state index in [0.717, 1.165) is 6.42 Å². The van der Waals surface area contributed by atoms with Crippen LogP contribution in [0.3, 0.4) is 0 Å². The van der Waals surface area contributed by atoms with Crippen LogP contribution in [0.1, 0.15) is 19.8 Å². The van der Waals surface area contributed by atoms with Gasteiger partial charge < -0.3 is 10.5 Å². The van der Waals surface area contributed by atoms with Gasteiger partial charge in [-0.05, 0) is 26.3 Å². The second-order valence-electron chi connectivity index (χ2n) is 2.86. The predicted molar refractivity (Wildman–Crippen MR) is 46.0 cm³/mol. The number of nitrogens with two attached hydrogens (primary N) is 2. The molecule has 0 aromatic rings. The van der Waals surface area contributed by atoms with Gasteiger partial charge in [-0.15, -0.1) is 0 Å². The summed E-state index contributed by atoms with van der Waals surface area (Å²) in [5.41, 5.74) is 6.93. The van der Waals surface area contributed by atoms with Gasteiger partial charge in [-0.3, -0.25) is 10.6 Å². The quantitative estimate of drug-likeness (QED) is 0.287. The average Bonchev–Trinajstić information content (AvgIpc) is 2.12. The fraction of sp³-hybridized carbons (Fsp3) is 0.857. The molecule has 0 aliphatic heterocycles. The third-order valence-corrected chi connectivity index (χ3v) is 1.84. The number of carbonyl (C=O) groups is 1. The van der Waals surface area contributed by atoms with Crippen molar-refractivity contribution in [3.63, 3.8) is 0 Å². The van der Waals surface area contributed by atoms with Crippen molar-refractivity contribution in [1.82, 2.24) is 5.43 Å². The van der Waals surface area contributed by atoms with Gasteiger partial charge in [0.1, 0.15) is 5.54 Å². The molecule has 0 aliphatic carbocycles. The third kappa shape index (κ3) is 2.77. The molecule has 0 aromatic carbocycles. The van der Waals surface area contributed by atoms with Gasteiger partial charge in [0.25, 0.3) is 0 Å². The molecule has 1 unspecified atom stereocenters. The lowest BCUT2D eigenvalue weighted by atomic mass is 9.97. The van der Waals surface area contributed by atoms with Gasteiger partial charge in [-0.2, -0.15) is 0 Å². The van der Waals surface area contributed by atoms with Gasteiger partial charge in [0.2, 0.25) is 0 Å². The summed E-state index contributed by atoms with van der Waals surface area (Å²) in [7, 11) is 1.33. The van der Waals surface area contributed by atoms with Crippen LogP contribution in [0.25, 0.3) is 0 Å². The van der Waals surface area contributed by atoms with Gasteiger partial charge >= 0.3 is 5.97 Å². The summed E-state index contributed by atoms with van der Waals surface area (Å²) >= 11 is 0. The first kappa shape index (κ1) is 11.4. The zero-order valence-corrected chi connectivity index (χ0v) is 7.59. The molecule has 0 bridgehead atoms. The summed E-state index contributed by atoms with van der Waals surface area (Å²) in [5, 5.41) is 0. The molecule has 1 atom stereocenters. The Hall–Kier alpha value is -0.650. The zero-order valence-electron chi connectivity index (χ0n) is 7.59. The van der Waals surface area contributed by atoms with E-state index < -0.39 is 5.54 Å². The lowest BCUT2D eigenvalue weighted by Crippen LogP contribution is -2.53. The van der Waals surface area contributed by atoms with Gasteiger partial charge in [-0.25, -0.2) is 5.43 Å². The largest absolute Gasteiger partial charge is 0.468 e. The third-order valence-electron chi connectivity index (χ3n) is 1.84. The summed E-state index contributed by atoms with van der Waals surface area (Å²) in [6.07, 6.45) is 1.31. The minimum atomic E-state index is -0.811. The Morgan fingerprint density at radius 3 is 2.58 bits per heavy atom. The SMILES string of the molecule is COC(=O)C(C)(CCCN)NN. The van der Waals surface area contributed by atoms with E-state index in [1.165, 1.54) is 7.11 Å². The fourth-order valence-corrected chi connectivity index (χ4v) is 0.914. The van der Waals surface area contributed by atoms with Crippen molar-refractivity contribution in [2.75, 3.05) is 13.7 Å². The molecule has 0 heterocycles. The number of carbonyl (C=O) groups excluding carboxylic acids is 1. The molecule has 72 valence electrons. The van der Waals surface area contributed by atoms with Crippen LogP contribution in [0.5, 0.6) is 0 Å². The summed E-state index contributed by atoms with van der Waals surface area (Å²) < 4.78 is 4.58. The molecular formula is C7H17N3O2. The van der Waals surface area contributed by atoms with Crippen molar-refractivity contribution < 1.29 is 9.53 Å². The highest BCUT2D eigenvalue weighted by atomic mass is 16.5. The van der Waals surface area contributed by atoms with Crippen molar-refractivity contribution >= 4 is 5.97 Å². The van der Waals surface area contributed by atoms with Crippen LogP contribution in [0, 0.1) is 0 Å². The summed E-state index contributed by atoms with van der Waals surface area (Å²) in [6, 6.07) is 0. The average molecular weight is 175 g/mol. The number of hydrogen-bond acceptors (Lipinski definition) is 5. The number of nitrogens with one attached hydrogen (secondary N) is 1. The minimum absolute atomic E-state index is 0.363. The monoisotopic (exact) mass is 175 g/mol. The highest BCUT2D eigenvalue weighted by Gasteiger charge is 2.32. The number of methoxy groups -OCH3 is 1. The van der Waals surface area contributed by atoms with E-state index >= 15 is 0 Å². The molecule has 0 aromatic heterocycles. The number of ether oxygens (including phenoxy) is 1. The summed E-state index contributed by atoms with van der Waals surface area (Å²) in [4.78, 5) is 11.2. The first-order valence-corrected chi connectivity index (χ1v) is 3.87. The summed E-state index contributed by atoms with van der Waals surface area (Å²) in [6.45, 7) is 2.22. The molecule has 0 fully saturated rings. The molecule has 0 radical (unpaired) electrons. The first-order valence-electron chi connectivity index (χ1n) is 3.87. The normalized spacial score (nSPS) is 15.3. The number of esters is 1. The number of hydrazine groups is 1. The highest BCUT2D eigenvalue weighted by Crippen LogP contribution is 2.12. The predicted octanol–water partition coefficient (Wildman–Crippen LogP) is -0.880. The molecule has 5 N–H and O–H groups in total. The standard InChI is InChI=1S/C7H17N3O2/c1-7(10-9,4-3-5-8)6(11)12-2/h10H,3-5,8-9H2,1-2H3. The second-order valence-corrected chi connectivity index (χ2v) is 2.86. The van der Waals surface area contributed by atoms with Crippen molar-refractivity contribution in [1.29, 1.82) is 0 Å². The number of hydrogen-bond donors (Lipinski definition) is 3. The lowest BCUT2D eigenvalue weighted by molar-refractivity contribution is -0.148. The van der Waals surface area contributed by atoms with Crippen LogP contribution in [0.4, 0.5) is 0 Å². The van der Waals surface area contributed by atoms with Crippen LogP contribution in [-0.2, 0) is 9.53 Å². The summed E-state index contributed by atoms with van der Waals surface area (Å²) in [5.74, 6) is 4.87. The lowest BCUT2D eigenvalue weighted by Gasteiger charge is -2.25. The van der Waals surface area contributed by atoms with Crippen LogP contribution >= 0.6 is 0 Å². The Kier molecular flexibility index (Phi) is 4.80. The van der Waals surface area contributed by atoms with Crippen molar-refractivity contribution in [2.45, 2.75) is 25.3 Å². The molecule has 0 saturated carbocycles. The van der Waals surface area contributed by atoms with Crippen LogP contribution < -0.4 is 17.0 Å². The van der Waals surface area contributed by atoms with E-state index in [0.29, 0.717) is 13.0 Å². The van der Waals surface area contributed by atoms with Gasteiger partial charge in [-0.1, -0.05) is 0 Å². The van der Waals surface area contributed by atoms with E-state index in [1.807, 2.05) is 0 Å². The van der Waals surface area contributed by atoms with E-state index in [-0.39, 0.29) is 5.97 Å². The van der Waals surface area contributed by atoms with Crippen molar-refractivity contribution in [3.8, 4) is 0 Å². The Balaban J connectivity index is 4.13. The van der Waals surface area contributed by atoms with Gasteiger partial charge in [0, 0.05) is 0 Å². The molecular weight excluding hydrogens is 158 g/mol. The maximum atomic E-state index is 11.2. The minimum Gasteiger partial charge on any atom is -0.468 e. The Morgan fingerprint density at radius 2 is 2.25 bits per heavy atom. The Bertz CT molecular complexity index is 152. The molecule has 0 spiro atoms. The molecule has 0 saturated heterocycles. The molecule has 0 amide bonds. The maximum Gasteiger partial charge on any atom is 0.327 e. The van der Waals surface area contributed by atoms with E-state index in [9.17, 15) is 4.79 Å². The van der Waals surface area contributed by atoms with Crippen molar-refractivity contribution in [3.05, 3.63) is 0 Å². The smallest absolute Gasteiger partial charge is 0.327 e. The Morgan fingerprint density at radius 1 is 1.67 bits per heavy atom. The molecule has 0 rings (SSSR count). The molecule has 12 heavy (non-hydrogen) atoms. The molecule has 0 aliphatic rings. The second kappa shape index (κ2) is 5.08.